The number of hydrogen-bond acceptors (Lipinski definition) is 8. The van der Waals surface area contributed by atoms with Crippen molar-refractivity contribution in [3.05, 3.63) is 59.9 Å². The van der Waals surface area contributed by atoms with E-state index in [0.29, 0.717) is 37.4 Å². The number of nitrogens with one attached hydrogen (secondary N) is 1. The van der Waals surface area contributed by atoms with Crippen LogP contribution in [0.1, 0.15) is 56.9 Å². The summed E-state index contributed by atoms with van der Waals surface area (Å²) in [6.45, 7) is 5.47. The SMILES string of the molecule is COC(=O)N[C@H]1CCC[C@@H]1C(CN1CCC1)(c1cccc(F)c1)C1CCN(CC2(C(=O)O)CN(c3ccc(S(=O)(=O)C4CC4)cc3)C2)CC1. The minimum atomic E-state index is -3.27. The van der Waals surface area contributed by atoms with Crippen molar-refractivity contribution in [2.24, 2.45) is 17.3 Å². The first-order chi connectivity index (χ1) is 23.5. The maximum atomic E-state index is 15.0. The van der Waals surface area contributed by atoms with E-state index in [4.69, 9.17) is 4.74 Å². The van der Waals surface area contributed by atoms with Crippen LogP contribution in [0, 0.1) is 23.1 Å². The summed E-state index contributed by atoms with van der Waals surface area (Å²) in [5.41, 5.74) is 0.536. The standard InChI is InChI=1S/C37H49FN4O6S/c1-48-35(45)39-33-8-3-7-32(33)37(25-40-17-4-18-40,27-5-2-6-28(38)21-27)26-15-19-41(20-16-26)22-36(34(43)44)23-42(24-36)29-9-11-30(12-10-29)49(46,47)31-13-14-31/h2,5-6,9-12,21,26,31-33H,3-4,7-8,13-20,22-25H2,1H3,(H,39,45)(H,43,44)/t32-,33-,37?/m0/s1. The molecule has 1 amide bonds. The molecule has 12 heteroatoms. The fraction of sp³-hybridized carbons (Fsp3) is 0.622. The molecule has 0 radical (unpaired) electrons. The lowest BCUT2D eigenvalue weighted by molar-refractivity contribution is -0.152. The van der Waals surface area contributed by atoms with Gasteiger partial charge in [-0.15, -0.1) is 0 Å². The van der Waals surface area contributed by atoms with Gasteiger partial charge in [0.05, 0.1) is 17.3 Å². The lowest BCUT2D eigenvalue weighted by Crippen LogP contribution is -2.66. The second-order valence-corrected chi connectivity index (χ2v) is 17.4. The van der Waals surface area contributed by atoms with Gasteiger partial charge in [0.25, 0.3) is 0 Å². The van der Waals surface area contributed by atoms with E-state index in [2.05, 4.69) is 21.2 Å². The third kappa shape index (κ3) is 6.56. The first kappa shape index (κ1) is 34.2. The van der Waals surface area contributed by atoms with E-state index in [1.165, 1.54) is 13.2 Å². The van der Waals surface area contributed by atoms with Crippen molar-refractivity contribution in [1.82, 2.24) is 15.1 Å². The van der Waals surface area contributed by atoms with Crippen LogP contribution in [0.5, 0.6) is 0 Å². The number of nitrogens with zero attached hydrogens (tertiary/aromatic N) is 3. The Morgan fingerprint density at radius 3 is 2.27 bits per heavy atom. The van der Waals surface area contributed by atoms with Crippen LogP contribution in [0.25, 0.3) is 0 Å². The highest BCUT2D eigenvalue weighted by molar-refractivity contribution is 7.92. The molecule has 2 aromatic carbocycles. The van der Waals surface area contributed by atoms with Gasteiger partial charge in [-0.25, -0.2) is 17.6 Å². The van der Waals surface area contributed by atoms with Crippen LogP contribution in [0.4, 0.5) is 14.9 Å². The number of aliphatic carboxylic acids is 1. The quantitative estimate of drug-likeness (QED) is 0.330. The van der Waals surface area contributed by atoms with Gasteiger partial charge in [0.1, 0.15) is 11.2 Å². The summed E-state index contributed by atoms with van der Waals surface area (Å²) in [4.78, 5) is 32.3. The van der Waals surface area contributed by atoms with Crippen molar-refractivity contribution in [3.63, 3.8) is 0 Å². The molecule has 49 heavy (non-hydrogen) atoms. The molecule has 2 aliphatic carbocycles. The minimum absolute atomic E-state index is 0.0749. The summed E-state index contributed by atoms with van der Waals surface area (Å²) in [6.07, 6.45) is 6.60. The number of likely N-dealkylation sites (tertiary alicyclic amines) is 2. The van der Waals surface area contributed by atoms with Crippen LogP contribution < -0.4 is 10.2 Å². The number of anilines is 1. The summed E-state index contributed by atoms with van der Waals surface area (Å²) in [7, 11) is -1.89. The van der Waals surface area contributed by atoms with Gasteiger partial charge >= 0.3 is 12.1 Å². The zero-order valence-corrected chi connectivity index (χ0v) is 29.2. The first-order valence-electron chi connectivity index (χ1n) is 17.9. The molecule has 10 nitrogen and oxygen atoms in total. The Kier molecular flexibility index (Phi) is 9.42. The van der Waals surface area contributed by atoms with E-state index in [9.17, 15) is 27.5 Å². The summed E-state index contributed by atoms with van der Waals surface area (Å²) in [5, 5.41) is 13.3. The number of methoxy groups -OCH3 is 1. The van der Waals surface area contributed by atoms with Gasteiger partial charge in [-0.3, -0.25) is 4.79 Å². The van der Waals surface area contributed by atoms with Gasteiger partial charge in [0, 0.05) is 43.3 Å². The lowest BCUT2D eigenvalue weighted by Gasteiger charge is -2.55. The molecule has 0 aromatic heterocycles. The highest BCUT2D eigenvalue weighted by atomic mass is 32.2. The molecule has 5 aliphatic rings. The smallest absolute Gasteiger partial charge is 0.407 e. The number of carbonyl (C=O) groups is 2. The zero-order valence-electron chi connectivity index (χ0n) is 28.4. The number of amides is 1. The summed E-state index contributed by atoms with van der Waals surface area (Å²) in [5.74, 6) is -0.731. The normalized spacial score (nSPS) is 26.0. The molecule has 3 saturated heterocycles. The Labute approximate surface area is 288 Å². The van der Waals surface area contributed by atoms with Crippen LogP contribution in [-0.2, 0) is 24.8 Å². The summed E-state index contributed by atoms with van der Waals surface area (Å²) < 4.78 is 45.3. The molecule has 2 aromatic rings. The van der Waals surface area contributed by atoms with Crippen molar-refractivity contribution in [2.75, 3.05) is 64.4 Å². The second-order valence-electron chi connectivity index (χ2n) is 15.2. The third-order valence-electron chi connectivity index (χ3n) is 12.2. The molecular weight excluding hydrogens is 647 g/mol. The van der Waals surface area contributed by atoms with Crippen molar-refractivity contribution >= 4 is 27.6 Å². The number of carboxylic acids is 1. The number of hydrogen-bond donors (Lipinski definition) is 2. The lowest BCUT2D eigenvalue weighted by atomic mass is 9.57. The molecule has 1 unspecified atom stereocenters. The van der Waals surface area contributed by atoms with Gasteiger partial charge in [-0.2, -0.15) is 0 Å². The number of halogens is 1. The minimum Gasteiger partial charge on any atom is -0.481 e. The van der Waals surface area contributed by atoms with Gasteiger partial charge in [0.15, 0.2) is 9.84 Å². The number of benzene rings is 2. The van der Waals surface area contributed by atoms with Crippen LogP contribution in [0.3, 0.4) is 0 Å². The Balaban J connectivity index is 1.08. The highest BCUT2D eigenvalue weighted by Gasteiger charge is 2.55. The molecule has 5 fully saturated rings. The Morgan fingerprint density at radius 2 is 1.67 bits per heavy atom. The van der Waals surface area contributed by atoms with E-state index in [-0.39, 0.29) is 34.4 Å². The van der Waals surface area contributed by atoms with Crippen molar-refractivity contribution < 1.29 is 32.2 Å². The molecule has 2 saturated carbocycles. The number of carbonyl (C=O) groups excluding carboxylic acids is 1. The summed E-state index contributed by atoms with van der Waals surface area (Å²) in [6, 6.07) is 13.9. The third-order valence-corrected chi connectivity index (χ3v) is 14.5. The van der Waals surface area contributed by atoms with Crippen LogP contribution >= 0.6 is 0 Å². The fourth-order valence-corrected chi connectivity index (χ4v) is 11.0. The van der Waals surface area contributed by atoms with E-state index in [0.717, 1.165) is 82.5 Å². The Morgan fingerprint density at radius 1 is 0.959 bits per heavy atom. The average molecular weight is 697 g/mol. The van der Waals surface area contributed by atoms with Crippen LogP contribution in [0.2, 0.25) is 0 Å². The van der Waals surface area contributed by atoms with E-state index in [1.54, 1.807) is 36.4 Å². The zero-order chi connectivity index (χ0) is 34.4. The van der Waals surface area contributed by atoms with Crippen molar-refractivity contribution in [1.29, 1.82) is 0 Å². The molecule has 266 valence electrons. The predicted octanol–water partition coefficient (Wildman–Crippen LogP) is 4.53. The largest absolute Gasteiger partial charge is 0.481 e. The molecule has 0 bridgehead atoms. The molecule has 7 rings (SSSR count). The Bertz CT molecular complexity index is 1630. The average Bonchev–Trinajstić information content (AvgIpc) is 3.83. The first-order valence-corrected chi connectivity index (χ1v) is 19.5. The van der Waals surface area contributed by atoms with Crippen LogP contribution in [0.15, 0.2) is 53.4 Å². The van der Waals surface area contributed by atoms with Crippen LogP contribution in [-0.4, -0.2) is 106 Å². The fourth-order valence-electron chi connectivity index (χ4n) is 9.36. The summed E-state index contributed by atoms with van der Waals surface area (Å²) >= 11 is 0. The molecule has 3 atom stereocenters. The molecular formula is C37H49FN4O6S. The highest BCUT2D eigenvalue weighted by Crippen LogP contribution is 2.52. The number of rotatable bonds is 12. The number of alkyl carbamates (subject to hydrolysis) is 1. The number of piperidine rings is 1. The van der Waals surface area contributed by atoms with Gasteiger partial charge in [-0.05, 0) is 125 Å². The maximum absolute atomic E-state index is 15.0. The maximum Gasteiger partial charge on any atom is 0.407 e. The van der Waals surface area contributed by atoms with Crippen molar-refractivity contribution in [2.45, 2.75) is 73.0 Å². The molecule has 3 heterocycles. The Hall–Kier alpha value is -3.22. The van der Waals surface area contributed by atoms with E-state index >= 15 is 0 Å². The number of carboxylic acid groups (broad SMARTS) is 1. The molecule has 3 aliphatic heterocycles. The number of ether oxygens (including phenoxy) is 1. The van der Waals surface area contributed by atoms with E-state index in [1.807, 2.05) is 4.90 Å². The van der Waals surface area contributed by atoms with Gasteiger partial charge < -0.3 is 29.9 Å². The van der Waals surface area contributed by atoms with Gasteiger partial charge in [0.2, 0.25) is 0 Å². The number of sulfone groups is 1. The molecule has 2 N–H and O–H groups in total. The van der Waals surface area contributed by atoms with Gasteiger partial charge in [-0.1, -0.05) is 18.6 Å². The predicted molar refractivity (Wildman–Crippen MR) is 184 cm³/mol. The second kappa shape index (κ2) is 13.5. The van der Waals surface area contributed by atoms with E-state index < -0.39 is 27.3 Å². The molecule has 0 spiro atoms. The monoisotopic (exact) mass is 696 g/mol. The topological polar surface area (TPSA) is 119 Å². The van der Waals surface area contributed by atoms with Crippen molar-refractivity contribution in [3.8, 4) is 0 Å².